The summed E-state index contributed by atoms with van der Waals surface area (Å²) in [6, 6.07) is 5.76. The van der Waals surface area contributed by atoms with Crippen LogP contribution in [0.25, 0.3) is 0 Å². The molecule has 0 atom stereocenters. The molecule has 0 radical (unpaired) electrons. The molecular formula is C11H10Br2N4O. The van der Waals surface area contributed by atoms with Crippen LogP contribution in [-0.2, 0) is 0 Å². The predicted octanol–water partition coefficient (Wildman–Crippen LogP) is 3.34. The summed E-state index contributed by atoms with van der Waals surface area (Å²) in [6.45, 7) is 0. The van der Waals surface area contributed by atoms with E-state index < -0.39 is 0 Å². The number of ether oxygens (including phenoxy) is 1. The summed E-state index contributed by atoms with van der Waals surface area (Å²) in [5, 5.41) is 3.15. The molecule has 1 heterocycles. The number of hydrogen-bond donors (Lipinski definition) is 2. The van der Waals surface area contributed by atoms with Crippen LogP contribution in [0.1, 0.15) is 0 Å². The zero-order chi connectivity index (χ0) is 13.1. The third-order valence-electron chi connectivity index (χ3n) is 2.24. The maximum atomic E-state index is 5.72. The first-order valence-electron chi connectivity index (χ1n) is 4.99. The van der Waals surface area contributed by atoms with Gasteiger partial charge in [0.2, 0.25) is 5.75 Å². The Balaban J connectivity index is 2.43. The van der Waals surface area contributed by atoms with Gasteiger partial charge in [-0.05, 0) is 44.0 Å². The molecule has 18 heavy (non-hydrogen) atoms. The van der Waals surface area contributed by atoms with E-state index in [2.05, 4.69) is 47.1 Å². The van der Waals surface area contributed by atoms with Gasteiger partial charge in [-0.2, -0.15) is 0 Å². The van der Waals surface area contributed by atoms with Crippen molar-refractivity contribution in [3.8, 4) is 5.75 Å². The first-order valence-corrected chi connectivity index (χ1v) is 6.57. The number of nitrogens with one attached hydrogen (secondary N) is 1. The Labute approximate surface area is 121 Å². The van der Waals surface area contributed by atoms with Crippen molar-refractivity contribution in [3.05, 3.63) is 33.5 Å². The van der Waals surface area contributed by atoms with Crippen molar-refractivity contribution in [3.63, 3.8) is 0 Å². The first kappa shape index (κ1) is 13.1. The Morgan fingerprint density at radius 1 is 1.22 bits per heavy atom. The van der Waals surface area contributed by atoms with Crippen LogP contribution in [0.4, 0.5) is 17.3 Å². The Morgan fingerprint density at radius 3 is 2.50 bits per heavy atom. The van der Waals surface area contributed by atoms with Crippen molar-refractivity contribution in [2.24, 2.45) is 0 Å². The van der Waals surface area contributed by atoms with E-state index in [1.807, 2.05) is 18.2 Å². The number of hydrogen-bond acceptors (Lipinski definition) is 5. The molecule has 1 aromatic heterocycles. The smallest absolute Gasteiger partial charge is 0.204 e. The number of nitrogens with zero attached hydrogens (tertiary/aromatic N) is 2. The van der Waals surface area contributed by atoms with Crippen molar-refractivity contribution in [2.45, 2.75) is 0 Å². The number of benzene rings is 1. The summed E-state index contributed by atoms with van der Waals surface area (Å²) in [5.74, 6) is 1.22. The highest BCUT2D eigenvalue weighted by molar-refractivity contribution is 9.11. The van der Waals surface area contributed by atoms with Gasteiger partial charge in [-0.25, -0.2) is 9.97 Å². The Kier molecular flexibility index (Phi) is 4.03. The van der Waals surface area contributed by atoms with E-state index in [1.54, 1.807) is 0 Å². The van der Waals surface area contributed by atoms with Gasteiger partial charge in [0.1, 0.15) is 6.33 Å². The summed E-state index contributed by atoms with van der Waals surface area (Å²) in [4.78, 5) is 7.99. The second-order valence-corrected chi connectivity index (χ2v) is 5.07. The molecular weight excluding hydrogens is 364 g/mol. The molecule has 2 aromatic rings. The third-order valence-corrected chi connectivity index (χ3v) is 3.56. The predicted molar refractivity (Wildman–Crippen MR) is 78.1 cm³/mol. The molecule has 0 aliphatic rings. The maximum absolute atomic E-state index is 5.72. The topological polar surface area (TPSA) is 73.1 Å². The molecule has 0 bridgehead atoms. The minimum absolute atomic E-state index is 0.290. The minimum atomic E-state index is 0.290. The van der Waals surface area contributed by atoms with E-state index in [0.29, 0.717) is 11.6 Å². The Hall–Kier alpha value is -1.34. The Morgan fingerprint density at radius 2 is 1.89 bits per heavy atom. The van der Waals surface area contributed by atoms with Crippen molar-refractivity contribution in [1.29, 1.82) is 0 Å². The first-order chi connectivity index (χ1) is 8.63. The van der Waals surface area contributed by atoms with Crippen LogP contribution in [0.3, 0.4) is 0 Å². The highest BCUT2D eigenvalue weighted by Crippen LogP contribution is 2.36. The quantitative estimate of drug-likeness (QED) is 0.863. The molecule has 0 fully saturated rings. The maximum Gasteiger partial charge on any atom is 0.204 e. The zero-order valence-corrected chi connectivity index (χ0v) is 12.6. The largest absolute Gasteiger partial charge is 0.490 e. The minimum Gasteiger partial charge on any atom is -0.490 e. The zero-order valence-electron chi connectivity index (χ0n) is 9.45. The lowest BCUT2D eigenvalue weighted by atomic mass is 10.3. The molecule has 0 amide bonds. The lowest BCUT2D eigenvalue weighted by Gasteiger charge is -2.13. The lowest BCUT2D eigenvalue weighted by molar-refractivity contribution is 0.415. The van der Waals surface area contributed by atoms with Crippen molar-refractivity contribution in [2.75, 3.05) is 18.2 Å². The summed E-state index contributed by atoms with van der Waals surface area (Å²) in [5.41, 5.74) is 6.56. The molecule has 0 saturated heterocycles. The number of nitrogens with two attached hydrogens (primary N) is 1. The van der Waals surface area contributed by atoms with Gasteiger partial charge in [0.05, 0.1) is 12.8 Å². The van der Waals surface area contributed by atoms with Gasteiger partial charge in [0.25, 0.3) is 0 Å². The van der Waals surface area contributed by atoms with Crippen LogP contribution >= 0.6 is 31.9 Å². The van der Waals surface area contributed by atoms with Crippen molar-refractivity contribution in [1.82, 2.24) is 9.97 Å². The second-order valence-electron chi connectivity index (χ2n) is 3.36. The van der Waals surface area contributed by atoms with E-state index in [4.69, 9.17) is 10.5 Å². The SMILES string of the molecule is COc1c(N)ncnc1Nc1c(Br)cccc1Br. The lowest BCUT2D eigenvalue weighted by Crippen LogP contribution is -2.03. The molecule has 0 spiro atoms. The average molecular weight is 374 g/mol. The molecule has 0 saturated carbocycles. The third kappa shape index (κ3) is 2.56. The number of halogens is 2. The van der Waals surface area contributed by atoms with E-state index in [-0.39, 0.29) is 5.82 Å². The van der Waals surface area contributed by atoms with Gasteiger partial charge in [-0.15, -0.1) is 0 Å². The van der Waals surface area contributed by atoms with Gasteiger partial charge >= 0.3 is 0 Å². The average Bonchev–Trinajstić information content (AvgIpc) is 2.34. The molecule has 1 aromatic carbocycles. The number of methoxy groups -OCH3 is 1. The second kappa shape index (κ2) is 5.53. The van der Waals surface area contributed by atoms with E-state index >= 15 is 0 Å². The number of aromatic nitrogens is 2. The fourth-order valence-electron chi connectivity index (χ4n) is 1.41. The molecule has 94 valence electrons. The monoisotopic (exact) mass is 372 g/mol. The van der Waals surface area contributed by atoms with Gasteiger partial charge in [-0.3, -0.25) is 0 Å². The number of anilines is 3. The van der Waals surface area contributed by atoms with Crippen molar-refractivity contribution >= 4 is 49.2 Å². The number of rotatable bonds is 3. The molecule has 7 heteroatoms. The summed E-state index contributed by atoms with van der Waals surface area (Å²) in [6.07, 6.45) is 1.38. The molecule has 3 N–H and O–H groups in total. The van der Waals surface area contributed by atoms with E-state index in [0.717, 1.165) is 14.6 Å². The van der Waals surface area contributed by atoms with Crippen LogP contribution in [0.2, 0.25) is 0 Å². The van der Waals surface area contributed by atoms with Crippen LogP contribution in [0, 0.1) is 0 Å². The van der Waals surface area contributed by atoms with Crippen LogP contribution in [0.5, 0.6) is 5.75 Å². The molecule has 0 unspecified atom stereocenters. The molecule has 0 aliphatic carbocycles. The summed E-state index contributed by atoms with van der Waals surface area (Å²) < 4.78 is 6.98. The normalized spacial score (nSPS) is 10.2. The van der Waals surface area contributed by atoms with Crippen LogP contribution in [0.15, 0.2) is 33.5 Å². The summed E-state index contributed by atoms with van der Waals surface area (Å²) in [7, 11) is 1.52. The van der Waals surface area contributed by atoms with E-state index in [9.17, 15) is 0 Å². The van der Waals surface area contributed by atoms with Crippen LogP contribution < -0.4 is 15.8 Å². The fraction of sp³-hybridized carbons (Fsp3) is 0.0909. The van der Waals surface area contributed by atoms with Gasteiger partial charge < -0.3 is 15.8 Å². The van der Waals surface area contributed by atoms with Gasteiger partial charge in [0.15, 0.2) is 11.6 Å². The molecule has 2 rings (SSSR count). The van der Waals surface area contributed by atoms with Gasteiger partial charge in [0, 0.05) is 8.95 Å². The fourth-order valence-corrected chi connectivity index (χ4v) is 2.61. The van der Waals surface area contributed by atoms with Crippen LogP contribution in [-0.4, -0.2) is 17.1 Å². The molecule has 5 nitrogen and oxygen atoms in total. The highest BCUT2D eigenvalue weighted by atomic mass is 79.9. The van der Waals surface area contributed by atoms with E-state index in [1.165, 1.54) is 13.4 Å². The highest BCUT2D eigenvalue weighted by Gasteiger charge is 2.12. The number of nitrogen functional groups attached to an aromatic ring is 1. The summed E-state index contributed by atoms with van der Waals surface area (Å²) >= 11 is 6.92. The van der Waals surface area contributed by atoms with Crippen molar-refractivity contribution < 1.29 is 4.74 Å². The Bertz CT molecular complexity index is 557. The standard InChI is InChI=1S/C11H10Br2N4O/c1-18-9-10(14)15-5-16-11(9)17-8-6(12)3-2-4-7(8)13/h2-5H,1H3,(H3,14,15,16,17). The number of para-hydroxylation sites is 1. The molecule has 0 aliphatic heterocycles. The van der Waals surface area contributed by atoms with Gasteiger partial charge in [-0.1, -0.05) is 6.07 Å².